The van der Waals surface area contributed by atoms with Gasteiger partial charge in [0.1, 0.15) is 0 Å². The summed E-state index contributed by atoms with van der Waals surface area (Å²) >= 11 is 3.33. The Morgan fingerprint density at radius 1 is 1.05 bits per heavy atom. The fraction of sp³-hybridized carbons (Fsp3) is 0. The average Bonchev–Trinajstić information content (AvgIpc) is 2.46. The van der Waals surface area contributed by atoms with Crippen molar-refractivity contribution in [2.45, 2.75) is 0 Å². The van der Waals surface area contributed by atoms with Crippen molar-refractivity contribution in [3.05, 3.63) is 69.7 Å². The van der Waals surface area contributed by atoms with Gasteiger partial charge >= 0.3 is 0 Å². The smallest absolute Gasteiger partial charge is 0.236 e. The summed E-state index contributed by atoms with van der Waals surface area (Å²) in [6, 6.07) is 14.0. The van der Waals surface area contributed by atoms with Gasteiger partial charge in [-0.3, -0.25) is 9.59 Å². The van der Waals surface area contributed by atoms with E-state index in [1.807, 2.05) is 24.3 Å². The Morgan fingerprint density at radius 3 is 2.42 bits per heavy atom. The highest BCUT2D eigenvalue weighted by atomic mass is 79.9. The molecule has 3 heteroatoms. The molecule has 0 bridgehead atoms. The molecule has 0 aliphatic heterocycles. The quantitative estimate of drug-likeness (QED) is 0.483. The Morgan fingerprint density at radius 2 is 1.74 bits per heavy atom. The number of halogens is 1. The number of hydrogen-bond acceptors (Lipinski definition) is 2. The van der Waals surface area contributed by atoms with E-state index in [4.69, 9.17) is 0 Å². The van der Waals surface area contributed by atoms with Gasteiger partial charge in [0, 0.05) is 21.2 Å². The Balaban J connectivity index is 2.27. The van der Waals surface area contributed by atoms with E-state index in [0.717, 1.165) is 10.0 Å². The standard InChI is InChI=1S/C16H9BrO2/c17-14-8-5-12(6-9-14)7-10-16(19)15-4-2-1-3-13(15)11-18/h1-6,8-9,11H. The number of carbonyl (C=O) groups excluding carboxylic acids is 2. The maximum atomic E-state index is 11.9. The topological polar surface area (TPSA) is 34.1 Å². The van der Waals surface area contributed by atoms with E-state index in [1.54, 1.807) is 24.3 Å². The molecule has 0 unspecified atom stereocenters. The van der Waals surface area contributed by atoms with Crippen molar-refractivity contribution in [3.63, 3.8) is 0 Å². The normalized spacial score (nSPS) is 9.32. The first kappa shape index (κ1) is 13.3. The molecule has 92 valence electrons. The zero-order chi connectivity index (χ0) is 13.7. The van der Waals surface area contributed by atoms with Crippen molar-refractivity contribution >= 4 is 28.0 Å². The third-order valence-electron chi connectivity index (χ3n) is 2.50. The second kappa shape index (κ2) is 6.12. The molecule has 0 fully saturated rings. The highest BCUT2D eigenvalue weighted by Gasteiger charge is 2.07. The molecule has 0 heterocycles. The molecular formula is C16H9BrO2. The highest BCUT2D eigenvalue weighted by Crippen LogP contribution is 2.10. The van der Waals surface area contributed by atoms with Crippen LogP contribution < -0.4 is 0 Å². The monoisotopic (exact) mass is 312 g/mol. The molecule has 0 amide bonds. The summed E-state index contributed by atoms with van der Waals surface area (Å²) < 4.78 is 0.954. The molecule has 2 aromatic carbocycles. The third-order valence-corrected chi connectivity index (χ3v) is 3.03. The summed E-state index contributed by atoms with van der Waals surface area (Å²) in [4.78, 5) is 22.8. The Hall–Kier alpha value is -2.18. The largest absolute Gasteiger partial charge is 0.298 e. The molecule has 0 radical (unpaired) electrons. The Kier molecular flexibility index (Phi) is 4.27. The summed E-state index contributed by atoms with van der Waals surface area (Å²) in [6.07, 6.45) is 0.661. The van der Waals surface area contributed by atoms with Crippen LogP contribution in [0.1, 0.15) is 26.3 Å². The predicted octanol–water partition coefficient (Wildman–Crippen LogP) is 3.50. The van der Waals surface area contributed by atoms with Crippen molar-refractivity contribution in [1.29, 1.82) is 0 Å². The lowest BCUT2D eigenvalue weighted by atomic mass is 10.0. The zero-order valence-electron chi connectivity index (χ0n) is 9.89. The van der Waals surface area contributed by atoms with Crippen LogP contribution in [-0.2, 0) is 0 Å². The van der Waals surface area contributed by atoms with Gasteiger partial charge in [-0.25, -0.2) is 0 Å². The van der Waals surface area contributed by atoms with Crippen LogP contribution in [0.25, 0.3) is 0 Å². The number of rotatable bonds is 2. The Bertz CT molecular complexity index is 676. The van der Waals surface area contributed by atoms with Crippen LogP contribution in [-0.4, -0.2) is 12.1 Å². The summed E-state index contributed by atoms with van der Waals surface area (Å²) in [6.45, 7) is 0. The van der Waals surface area contributed by atoms with E-state index in [1.165, 1.54) is 0 Å². The van der Waals surface area contributed by atoms with Crippen LogP contribution in [0, 0.1) is 11.8 Å². The van der Waals surface area contributed by atoms with Crippen LogP contribution in [0.3, 0.4) is 0 Å². The van der Waals surface area contributed by atoms with Crippen LogP contribution in [0.5, 0.6) is 0 Å². The lowest BCUT2D eigenvalue weighted by Crippen LogP contribution is -2.00. The maximum absolute atomic E-state index is 11.9. The lowest BCUT2D eigenvalue weighted by molar-refractivity contribution is 0.104. The van der Waals surface area contributed by atoms with Gasteiger partial charge in [-0.2, -0.15) is 0 Å². The van der Waals surface area contributed by atoms with Crippen LogP contribution >= 0.6 is 15.9 Å². The van der Waals surface area contributed by atoms with Gasteiger partial charge in [-0.05, 0) is 36.3 Å². The second-order valence-electron chi connectivity index (χ2n) is 3.79. The third kappa shape index (κ3) is 3.40. The summed E-state index contributed by atoms with van der Waals surface area (Å²) in [5.41, 5.74) is 1.44. The number of aldehydes is 1. The fourth-order valence-electron chi connectivity index (χ4n) is 1.54. The Labute approximate surface area is 119 Å². The number of benzene rings is 2. The number of ketones is 1. The fourth-order valence-corrected chi connectivity index (χ4v) is 1.80. The summed E-state index contributed by atoms with van der Waals surface area (Å²) in [5.74, 6) is 4.98. The van der Waals surface area contributed by atoms with Crippen LogP contribution in [0.4, 0.5) is 0 Å². The molecule has 2 nitrogen and oxygen atoms in total. The summed E-state index contributed by atoms with van der Waals surface area (Å²) in [5, 5.41) is 0. The first-order valence-electron chi connectivity index (χ1n) is 5.57. The first-order valence-corrected chi connectivity index (χ1v) is 6.36. The van der Waals surface area contributed by atoms with Gasteiger partial charge in [0.25, 0.3) is 0 Å². The molecule has 0 saturated heterocycles. The highest BCUT2D eigenvalue weighted by molar-refractivity contribution is 9.10. The SMILES string of the molecule is O=Cc1ccccc1C(=O)C#Cc1ccc(Br)cc1. The number of hydrogen-bond donors (Lipinski definition) is 0. The van der Waals surface area contributed by atoms with Crippen molar-refractivity contribution in [2.75, 3.05) is 0 Å². The molecular weight excluding hydrogens is 304 g/mol. The molecule has 0 aromatic heterocycles. The van der Waals surface area contributed by atoms with Crippen molar-refractivity contribution in [2.24, 2.45) is 0 Å². The van der Waals surface area contributed by atoms with Gasteiger partial charge in [0.15, 0.2) is 6.29 Å². The molecule has 0 aliphatic carbocycles. The van der Waals surface area contributed by atoms with Crippen molar-refractivity contribution in [1.82, 2.24) is 0 Å². The minimum Gasteiger partial charge on any atom is -0.298 e. The first-order chi connectivity index (χ1) is 9.20. The molecule has 0 aliphatic rings. The van der Waals surface area contributed by atoms with Gasteiger partial charge in [-0.15, -0.1) is 0 Å². The van der Waals surface area contributed by atoms with Gasteiger partial charge in [0.05, 0.1) is 0 Å². The van der Waals surface area contributed by atoms with Gasteiger partial charge in [0.2, 0.25) is 5.78 Å². The summed E-state index contributed by atoms with van der Waals surface area (Å²) in [7, 11) is 0. The van der Waals surface area contributed by atoms with E-state index < -0.39 is 0 Å². The van der Waals surface area contributed by atoms with Crippen molar-refractivity contribution in [3.8, 4) is 11.8 Å². The molecule has 0 N–H and O–H groups in total. The molecule has 19 heavy (non-hydrogen) atoms. The van der Waals surface area contributed by atoms with E-state index in [-0.39, 0.29) is 5.78 Å². The number of Topliss-reactive ketones (excluding diaryl/α,β-unsaturated/α-hetero) is 1. The van der Waals surface area contributed by atoms with Crippen LogP contribution in [0.15, 0.2) is 53.0 Å². The van der Waals surface area contributed by atoms with E-state index >= 15 is 0 Å². The molecule has 2 aromatic rings. The van der Waals surface area contributed by atoms with Crippen LogP contribution in [0.2, 0.25) is 0 Å². The zero-order valence-corrected chi connectivity index (χ0v) is 11.5. The average molecular weight is 313 g/mol. The number of carbonyl (C=O) groups is 2. The molecule has 2 rings (SSSR count). The lowest BCUT2D eigenvalue weighted by Gasteiger charge is -1.97. The minimum atomic E-state index is -0.356. The maximum Gasteiger partial charge on any atom is 0.236 e. The molecule has 0 atom stereocenters. The van der Waals surface area contributed by atoms with E-state index in [0.29, 0.717) is 17.4 Å². The van der Waals surface area contributed by atoms with Gasteiger partial charge < -0.3 is 0 Å². The van der Waals surface area contributed by atoms with E-state index in [9.17, 15) is 9.59 Å². The minimum absolute atomic E-state index is 0.335. The van der Waals surface area contributed by atoms with Gasteiger partial charge in [-0.1, -0.05) is 40.0 Å². The predicted molar refractivity (Wildman–Crippen MR) is 77.2 cm³/mol. The molecule has 0 saturated carbocycles. The molecule has 0 spiro atoms. The van der Waals surface area contributed by atoms with E-state index in [2.05, 4.69) is 27.8 Å². The second-order valence-corrected chi connectivity index (χ2v) is 4.71. The van der Waals surface area contributed by atoms with Crippen molar-refractivity contribution < 1.29 is 9.59 Å².